The zero-order chi connectivity index (χ0) is 14.8. The van der Waals surface area contributed by atoms with Gasteiger partial charge in [-0.15, -0.1) is 11.3 Å². The molecule has 0 radical (unpaired) electrons. The lowest BCUT2D eigenvalue weighted by atomic mass is 9.97. The van der Waals surface area contributed by atoms with E-state index in [0.29, 0.717) is 6.04 Å². The number of ether oxygens (including phenoxy) is 1. The van der Waals surface area contributed by atoms with Gasteiger partial charge < -0.3 is 10.1 Å². The van der Waals surface area contributed by atoms with Gasteiger partial charge in [0.1, 0.15) is 10.8 Å². The summed E-state index contributed by atoms with van der Waals surface area (Å²) in [5, 5.41) is 4.63. The summed E-state index contributed by atoms with van der Waals surface area (Å²) < 4.78 is 6.40. The average Bonchev–Trinajstić information content (AvgIpc) is 2.93. The fourth-order valence-electron chi connectivity index (χ4n) is 2.77. The molecule has 1 unspecified atom stereocenters. The van der Waals surface area contributed by atoms with Gasteiger partial charge in [0.05, 0.1) is 18.8 Å². The van der Waals surface area contributed by atoms with Gasteiger partial charge in [-0.25, -0.2) is 4.98 Å². The predicted octanol–water partition coefficient (Wildman–Crippen LogP) is 4.57. The van der Waals surface area contributed by atoms with Crippen molar-refractivity contribution in [3.8, 4) is 16.3 Å². The summed E-state index contributed by atoms with van der Waals surface area (Å²) in [6, 6.07) is 6.45. The summed E-state index contributed by atoms with van der Waals surface area (Å²) in [5.41, 5.74) is 2.36. The highest BCUT2D eigenvalue weighted by Gasteiger charge is 2.25. The molecule has 3 rings (SSSR count). The van der Waals surface area contributed by atoms with E-state index in [-0.39, 0.29) is 0 Å². The molecule has 0 aliphatic heterocycles. The Bertz CT molecular complexity index is 641. The predicted molar refractivity (Wildman–Crippen MR) is 91.2 cm³/mol. The van der Waals surface area contributed by atoms with E-state index < -0.39 is 0 Å². The SMILES string of the molecule is CCNC1CCCc2sc(-c3cc(OC)ccc3Br)nc21. The highest BCUT2D eigenvalue weighted by atomic mass is 79.9. The van der Waals surface area contributed by atoms with E-state index >= 15 is 0 Å². The second-order valence-corrected chi connectivity index (χ2v) is 7.11. The van der Waals surface area contributed by atoms with Crippen LogP contribution in [-0.4, -0.2) is 18.6 Å². The first-order valence-corrected chi connectivity index (χ1v) is 8.90. The van der Waals surface area contributed by atoms with Crippen LogP contribution in [0.2, 0.25) is 0 Å². The fourth-order valence-corrected chi connectivity index (χ4v) is 4.53. The largest absolute Gasteiger partial charge is 0.497 e. The molecule has 0 spiro atoms. The van der Waals surface area contributed by atoms with E-state index in [1.54, 1.807) is 7.11 Å². The van der Waals surface area contributed by atoms with Crippen LogP contribution in [0.15, 0.2) is 22.7 Å². The van der Waals surface area contributed by atoms with Crippen LogP contribution in [-0.2, 0) is 6.42 Å². The number of aromatic nitrogens is 1. The van der Waals surface area contributed by atoms with Crippen molar-refractivity contribution in [3.05, 3.63) is 33.2 Å². The molecule has 1 heterocycles. The molecule has 1 aliphatic rings. The van der Waals surface area contributed by atoms with Gasteiger partial charge in [-0.2, -0.15) is 0 Å². The van der Waals surface area contributed by atoms with Crippen LogP contribution < -0.4 is 10.1 Å². The number of hydrogen-bond donors (Lipinski definition) is 1. The maximum Gasteiger partial charge on any atom is 0.125 e. The molecule has 2 aromatic rings. The van der Waals surface area contributed by atoms with Crippen LogP contribution in [0.4, 0.5) is 0 Å². The van der Waals surface area contributed by atoms with Gasteiger partial charge in [-0.3, -0.25) is 0 Å². The molecule has 1 atom stereocenters. The smallest absolute Gasteiger partial charge is 0.125 e. The monoisotopic (exact) mass is 366 g/mol. The lowest BCUT2D eigenvalue weighted by Crippen LogP contribution is -2.24. The van der Waals surface area contributed by atoms with Crippen molar-refractivity contribution in [2.45, 2.75) is 32.2 Å². The molecule has 1 aliphatic carbocycles. The fraction of sp³-hybridized carbons (Fsp3) is 0.438. The zero-order valence-corrected chi connectivity index (χ0v) is 14.7. The summed E-state index contributed by atoms with van der Waals surface area (Å²) in [6.45, 7) is 3.14. The van der Waals surface area contributed by atoms with Gasteiger partial charge in [0.15, 0.2) is 0 Å². The van der Waals surface area contributed by atoms with Crippen molar-refractivity contribution in [1.29, 1.82) is 0 Å². The van der Waals surface area contributed by atoms with Gasteiger partial charge in [0.25, 0.3) is 0 Å². The van der Waals surface area contributed by atoms with Gasteiger partial charge in [0, 0.05) is 14.9 Å². The van der Waals surface area contributed by atoms with Crippen molar-refractivity contribution in [3.63, 3.8) is 0 Å². The van der Waals surface area contributed by atoms with Crippen LogP contribution in [0.3, 0.4) is 0 Å². The van der Waals surface area contributed by atoms with Gasteiger partial charge >= 0.3 is 0 Å². The van der Waals surface area contributed by atoms with Crippen LogP contribution in [0.5, 0.6) is 5.75 Å². The molecule has 0 saturated carbocycles. The van der Waals surface area contributed by atoms with Gasteiger partial charge in [0.2, 0.25) is 0 Å². The van der Waals surface area contributed by atoms with Crippen LogP contribution in [0.1, 0.15) is 36.4 Å². The first kappa shape index (κ1) is 15.0. The molecule has 0 bridgehead atoms. The number of aryl methyl sites for hydroxylation is 1. The van der Waals surface area contributed by atoms with Crippen molar-refractivity contribution < 1.29 is 4.74 Å². The van der Waals surface area contributed by atoms with E-state index in [1.807, 2.05) is 23.5 Å². The number of nitrogens with one attached hydrogen (secondary N) is 1. The number of nitrogens with zero attached hydrogens (tertiary/aromatic N) is 1. The van der Waals surface area contributed by atoms with Crippen LogP contribution in [0.25, 0.3) is 10.6 Å². The Kier molecular flexibility index (Phi) is 4.62. The lowest BCUT2D eigenvalue weighted by molar-refractivity contribution is 0.415. The highest BCUT2D eigenvalue weighted by Crippen LogP contribution is 2.40. The number of benzene rings is 1. The Morgan fingerprint density at radius 2 is 2.33 bits per heavy atom. The standard InChI is InChI=1S/C16H19BrN2OS/c1-3-18-13-5-4-6-14-15(13)19-16(21-14)11-9-10(20-2)7-8-12(11)17/h7-9,13,18H,3-6H2,1-2H3. The molecular weight excluding hydrogens is 348 g/mol. The molecule has 1 aromatic carbocycles. The third-order valence-corrected chi connectivity index (χ3v) is 5.66. The lowest BCUT2D eigenvalue weighted by Gasteiger charge is -2.21. The zero-order valence-electron chi connectivity index (χ0n) is 12.3. The summed E-state index contributed by atoms with van der Waals surface area (Å²) in [6.07, 6.45) is 3.57. The molecule has 3 nitrogen and oxygen atoms in total. The average molecular weight is 367 g/mol. The van der Waals surface area contributed by atoms with Crippen molar-refractivity contribution in [1.82, 2.24) is 10.3 Å². The Balaban J connectivity index is 2.01. The number of halogens is 1. The normalized spacial score (nSPS) is 17.6. The third kappa shape index (κ3) is 3.00. The number of fused-ring (bicyclic) bond motifs is 1. The molecule has 21 heavy (non-hydrogen) atoms. The second-order valence-electron chi connectivity index (χ2n) is 5.18. The van der Waals surface area contributed by atoms with E-state index in [0.717, 1.165) is 33.8 Å². The third-order valence-electron chi connectivity index (χ3n) is 3.81. The number of methoxy groups -OCH3 is 1. The molecule has 0 saturated heterocycles. The molecule has 112 valence electrons. The van der Waals surface area contributed by atoms with E-state index in [9.17, 15) is 0 Å². The Labute approximate surface area is 137 Å². The summed E-state index contributed by atoms with van der Waals surface area (Å²) in [5.74, 6) is 0.865. The summed E-state index contributed by atoms with van der Waals surface area (Å²) in [4.78, 5) is 6.36. The first-order chi connectivity index (χ1) is 10.2. The number of thiazole rings is 1. The van der Waals surface area contributed by atoms with E-state index in [4.69, 9.17) is 9.72 Å². The molecule has 0 fully saturated rings. The van der Waals surface area contributed by atoms with E-state index in [1.165, 1.54) is 23.4 Å². The molecule has 0 amide bonds. The number of hydrogen-bond acceptors (Lipinski definition) is 4. The van der Waals surface area contributed by atoms with Crippen molar-refractivity contribution >= 4 is 27.3 Å². The maximum atomic E-state index is 5.34. The minimum atomic E-state index is 0.410. The molecule has 1 aromatic heterocycles. The Morgan fingerprint density at radius 1 is 1.48 bits per heavy atom. The Hall–Kier alpha value is -0.910. The topological polar surface area (TPSA) is 34.1 Å². The first-order valence-electron chi connectivity index (χ1n) is 7.29. The van der Waals surface area contributed by atoms with Gasteiger partial charge in [-0.05, 0) is 44.0 Å². The minimum Gasteiger partial charge on any atom is -0.497 e. The van der Waals surface area contributed by atoms with Crippen molar-refractivity contribution in [2.75, 3.05) is 13.7 Å². The van der Waals surface area contributed by atoms with Crippen LogP contribution in [0, 0.1) is 0 Å². The molecular formula is C16H19BrN2OS. The van der Waals surface area contributed by atoms with Gasteiger partial charge in [-0.1, -0.05) is 22.9 Å². The van der Waals surface area contributed by atoms with Crippen molar-refractivity contribution in [2.24, 2.45) is 0 Å². The molecule has 1 N–H and O–H groups in total. The van der Waals surface area contributed by atoms with Crippen LogP contribution >= 0.6 is 27.3 Å². The quantitative estimate of drug-likeness (QED) is 0.860. The summed E-state index contributed by atoms with van der Waals surface area (Å²) in [7, 11) is 1.70. The number of rotatable bonds is 4. The highest BCUT2D eigenvalue weighted by molar-refractivity contribution is 9.10. The van der Waals surface area contributed by atoms with E-state index in [2.05, 4.69) is 34.2 Å². The maximum absolute atomic E-state index is 5.34. The second kappa shape index (κ2) is 6.46. The Morgan fingerprint density at radius 3 is 3.10 bits per heavy atom. The minimum absolute atomic E-state index is 0.410. The molecule has 5 heteroatoms. The summed E-state index contributed by atoms with van der Waals surface area (Å²) >= 11 is 5.45.